The van der Waals surface area contributed by atoms with Crippen LogP contribution in [0.3, 0.4) is 0 Å². The SMILES string of the molecule is Cc1ccc([C@@H](c2ccc(F)cc2C)[C@H](C)OC(=O)[C@H](C)NC(=O)OC(C)(C)C)cc1. The highest BCUT2D eigenvalue weighted by Gasteiger charge is 2.29. The van der Waals surface area contributed by atoms with Crippen LogP contribution in [0.4, 0.5) is 9.18 Å². The molecule has 0 aliphatic heterocycles. The molecule has 2 aromatic carbocycles. The number of hydrogen-bond acceptors (Lipinski definition) is 4. The van der Waals surface area contributed by atoms with Gasteiger partial charge in [-0.05, 0) is 77.3 Å². The Bertz CT molecular complexity index is 918. The lowest BCUT2D eigenvalue weighted by atomic mass is 9.84. The van der Waals surface area contributed by atoms with Gasteiger partial charge in [-0.25, -0.2) is 14.0 Å². The molecule has 31 heavy (non-hydrogen) atoms. The number of alkyl carbamates (subject to hydrolysis) is 1. The third kappa shape index (κ3) is 7.09. The first-order valence-corrected chi connectivity index (χ1v) is 10.4. The molecule has 5 nitrogen and oxygen atoms in total. The summed E-state index contributed by atoms with van der Waals surface area (Å²) < 4.78 is 24.6. The maximum absolute atomic E-state index is 13.7. The van der Waals surface area contributed by atoms with Crippen LogP contribution >= 0.6 is 0 Å². The third-order valence-corrected chi connectivity index (χ3v) is 4.86. The Morgan fingerprint density at radius 1 is 1.00 bits per heavy atom. The Hall–Kier alpha value is -2.89. The predicted octanol–water partition coefficient (Wildman–Crippen LogP) is 5.42. The molecule has 6 heteroatoms. The van der Waals surface area contributed by atoms with Gasteiger partial charge < -0.3 is 14.8 Å². The van der Waals surface area contributed by atoms with E-state index in [9.17, 15) is 14.0 Å². The molecule has 2 aromatic rings. The molecule has 0 aromatic heterocycles. The second-order valence-electron chi connectivity index (χ2n) is 8.90. The summed E-state index contributed by atoms with van der Waals surface area (Å²) in [6.07, 6.45) is -1.24. The Kier molecular flexibility index (Phi) is 7.82. The van der Waals surface area contributed by atoms with Crippen LogP contribution in [0, 0.1) is 19.7 Å². The number of benzene rings is 2. The van der Waals surface area contributed by atoms with Gasteiger partial charge in [0, 0.05) is 5.92 Å². The van der Waals surface area contributed by atoms with Crippen LogP contribution in [-0.2, 0) is 14.3 Å². The van der Waals surface area contributed by atoms with Crippen LogP contribution in [0.2, 0.25) is 0 Å². The molecule has 0 radical (unpaired) electrons. The summed E-state index contributed by atoms with van der Waals surface area (Å²) in [6.45, 7) is 12.4. The number of carbonyl (C=O) groups is 2. The van der Waals surface area contributed by atoms with Gasteiger partial charge in [-0.3, -0.25) is 0 Å². The molecule has 0 bridgehead atoms. The van der Waals surface area contributed by atoms with E-state index in [1.165, 1.54) is 12.1 Å². The van der Waals surface area contributed by atoms with Crippen molar-refractivity contribution in [3.8, 4) is 0 Å². The number of rotatable bonds is 6. The van der Waals surface area contributed by atoms with Crippen molar-refractivity contribution >= 4 is 12.1 Å². The van der Waals surface area contributed by atoms with E-state index < -0.39 is 29.8 Å². The van der Waals surface area contributed by atoms with Crippen molar-refractivity contribution in [1.29, 1.82) is 0 Å². The van der Waals surface area contributed by atoms with E-state index in [-0.39, 0.29) is 11.7 Å². The fourth-order valence-electron chi connectivity index (χ4n) is 3.36. The van der Waals surface area contributed by atoms with Crippen molar-refractivity contribution in [3.05, 3.63) is 70.5 Å². The highest BCUT2D eigenvalue weighted by molar-refractivity contribution is 5.81. The molecule has 0 unspecified atom stereocenters. The van der Waals surface area contributed by atoms with Crippen LogP contribution in [0.15, 0.2) is 42.5 Å². The number of ether oxygens (including phenoxy) is 2. The number of aryl methyl sites for hydroxylation is 2. The zero-order chi connectivity index (χ0) is 23.3. The van der Waals surface area contributed by atoms with Crippen LogP contribution in [-0.4, -0.2) is 29.8 Å². The normalized spacial score (nSPS) is 14.3. The third-order valence-electron chi connectivity index (χ3n) is 4.86. The molecule has 168 valence electrons. The van der Waals surface area contributed by atoms with Crippen molar-refractivity contribution in [2.24, 2.45) is 0 Å². The van der Waals surface area contributed by atoms with Gasteiger partial charge in [0.2, 0.25) is 0 Å². The standard InChI is InChI=1S/C25H32FNO4/c1-15-8-10-19(11-9-15)22(21-13-12-20(26)14-16(21)2)18(4)30-23(28)17(3)27-24(29)31-25(5,6)7/h8-14,17-18,22H,1-7H3,(H,27,29)/t17-,18-,22-/m0/s1. The van der Waals surface area contributed by atoms with Crippen molar-refractivity contribution in [3.63, 3.8) is 0 Å². The second kappa shape index (κ2) is 9.94. The van der Waals surface area contributed by atoms with E-state index in [1.807, 2.05) is 38.1 Å². The Morgan fingerprint density at radius 2 is 1.61 bits per heavy atom. The molecule has 0 heterocycles. The molecule has 0 saturated heterocycles. The number of nitrogens with one attached hydrogen (secondary N) is 1. The van der Waals surface area contributed by atoms with Gasteiger partial charge in [0.05, 0.1) is 0 Å². The minimum absolute atomic E-state index is 0.293. The minimum Gasteiger partial charge on any atom is -0.460 e. The van der Waals surface area contributed by atoms with Gasteiger partial charge in [0.1, 0.15) is 23.6 Å². The summed E-state index contributed by atoms with van der Waals surface area (Å²) in [5, 5.41) is 2.50. The summed E-state index contributed by atoms with van der Waals surface area (Å²) in [4.78, 5) is 24.6. The molecular formula is C25H32FNO4. The molecule has 2 rings (SSSR count). The van der Waals surface area contributed by atoms with Crippen LogP contribution in [0.25, 0.3) is 0 Å². The zero-order valence-electron chi connectivity index (χ0n) is 19.3. The molecule has 0 spiro atoms. The van der Waals surface area contributed by atoms with Crippen LogP contribution < -0.4 is 5.32 Å². The number of amides is 1. The van der Waals surface area contributed by atoms with E-state index in [1.54, 1.807) is 40.7 Å². The van der Waals surface area contributed by atoms with Crippen LogP contribution in [0.5, 0.6) is 0 Å². The van der Waals surface area contributed by atoms with Gasteiger partial charge in [-0.15, -0.1) is 0 Å². The first-order chi connectivity index (χ1) is 14.4. The van der Waals surface area contributed by atoms with E-state index in [4.69, 9.17) is 9.47 Å². The molecule has 0 aliphatic carbocycles. The Balaban J connectivity index is 2.23. The Labute approximate surface area is 183 Å². The van der Waals surface area contributed by atoms with Crippen molar-refractivity contribution < 1.29 is 23.5 Å². The first kappa shape index (κ1) is 24.4. The molecule has 0 saturated carbocycles. The fourth-order valence-corrected chi connectivity index (χ4v) is 3.36. The number of halogens is 1. The second-order valence-corrected chi connectivity index (χ2v) is 8.90. The topological polar surface area (TPSA) is 64.6 Å². The largest absolute Gasteiger partial charge is 0.460 e. The highest BCUT2D eigenvalue weighted by atomic mass is 19.1. The maximum atomic E-state index is 13.7. The zero-order valence-corrected chi connectivity index (χ0v) is 19.3. The Morgan fingerprint density at radius 3 is 2.16 bits per heavy atom. The van der Waals surface area contributed by atoms with Crippen molar-refractivity contribution in [2.45, 2.75) is 72.1 Å². The average Bonchev–Trinajstić information content (AvgIpc) is 2.63. The maximum Gasteiger partial charge on any atom is 0.408 e. The summed E-state index contributed by atoms with van der Waals surface area (Å²) in [5.74, 6) is -1.18. The quantitative estimate of drug-likeness (QED) is 0.623. The van der Waals surface area contributed by atoms with Crippen molar-refractivity contribution in [2.75, 3.05) is 0 Å². The smallest absolute Gasteiger partial charge is 0.408 e. The van der Waals surface area contributed by atoms with Crippen LogP contribution in [0.1, 0.15) is 62.8 Å². The monoisotopic (exact) mass is 429 g/mol. The van der Waals surface area contributed by atoms with E-state index >= 15 is 0 Å². The summed E-state index contributed by atoms with van der Waals surface area (Å²) in [7, 11) is 0. The van der Waals surface area contributed by atoms with E-state index in [0.717, 1.165) is 22.3 Å². The van der Waals surface area contributed by atoms with Gasteiger partial charge in [-0.1, -0.05) is 35.9 Å². The van der Waals surface area contributed by atoms with Crippen molar-refractivity contribution in [1.82, 2.24) is 5.32 Å². The molecule has 1 N–H and O–H groups in total. The highest BCUT2D eigenvalue weighted by Crippen LogP contribution is 2.32. The lowest BCUT2D eigenvalue weighted by Gasteiger charge is -2.28. The first-order valence-electron chi connectivity index (χ1n) is 10.4. The lowest BCUT2D eigenvalue weighted by molar-refractivity contribution is -0.150. The molecule has 0 fully saturated rings. The van der Waals surface area contributed by atoms with E-state index in [0.29, 0.717) is 0 Å². The number of hydrogen-bond donors (Lipinski definition) is 1. The van der Waals surface area contributed by atoms with E-state index in [2.05, 4.69) is 5.32 Å². The summed E-state index contributed by atoms with van der Waals surface area (Å²) >= 11 is 0. The predicted molar refractivity (Wildman–Crippen MR) is 119 cm³/mol. The minimum atomic E-state index is -0.884. The average molecular weight is 430 g/mol. The summed E-state index contributed by atoms with van der Waals surface area (Å²) in [5.41, 5.74) is 3.04. The number of esters is 1. The number of carbonyl (C=O) groups excluding carboxylic acids is 2. The van der Waals surface area contributed by atoms with Gasteiger partial charge in [0.15, 0.2) is 0 Å². The summed E-state index contributed by atoms with van der Waals surface area (Å²) in [6, 6.07) is 11.7. The van der Waals surface area contributed by atoms with Gasteiger partial charge in [-0.2, -0.15) is 0 Å². The molecule has 0 aliphatic rings. The fraction of sp³-hybridized carbons (Fsp3) is 0.440. The molecule has 1 amide bonds. The molecule has 3 atom stereocenters. The van der Waals surface area contributed by atoms with Gasteiger partial charge in [0.25, 0.3) is 0 Å². The lowest BCUT2D eigenvalue weighted by Crippen LogP contribution is -2.43. The van der Waals surface area contributed by atoms with Gasteiger partial charge >= 0.3 is 12.1 Å². The molecular weight excluding hydrogens is 397 g/mol.